The molecule has 0 unspecified atom stereocenters. The normalized spacial score (nSPS) is 21.8. The number of nitrogens with zero attached hydrogens (tertiary/aromatic N) is 1. The van der Waals surface area contributed by atoms with Crippen LogP contribution in [0.15, 0.2) is 42.1 Å². The molecule has 3 rings (SSSR count). The SMILES string of the molecule is C/C=C1\NC(=O)[C@H](Cc2ccccc2)NC(=O)[C@@H](C(C)C)NC(=O)[C@@H]([C@@H](C)CC)NC(=O)[C@H](NC(=O)[C@H](NC(=O)[C@H](CCCCCN)CC(=O)[C@H]2CCCN2C(=O)[C@H](NC(=O)[C@@H](NC(=O)[C@@H](NC(=O)[C@H](NC(=O)CCCC(C)C)C(C)C)[C@@H](C)O)C(C)C)C(C)C)[C@@H](C)CC)[C@H](C)OC(=O)[C@H](C(C)C)NC1=O.CSC(C)C. The van der Waals surface area contributed by atoms with Crippen molar-refractivity contribution in [2.24, 2.45) is 59.0 Å². The van der Waals surface area contributed by atoms with Gasteiger partial charge in [0.1, 0.15) is 72.2 Å². The number of aliphatic hydroxyl groups excluding tert-OH is 1. The van der Waals surface area contributed by atoms with Crippen molar-refractivity contribution in [2.45, 2.75) is 313 Å². The molecule has 2 saturated heterocycles. The van der Waals surface area contributed by atoms with Crippen LogP contribution in [0.5, 0.6) is 0 Å². The number of carbonyl (C=O) groups is 14. The highest BCUT2D eigenvalue weighted by Crippen LogP contribution is 2.27. The number of amides is 12. The van der Waals surface area contributed by atoms with Gasteiger partial charge in [-0.25, -0.2) is 4.79 Å². The number of ether oxygens (including phenoxy) is 1. The van der Waals surface area contributed by atoms with E-state index in [0.29, 0.717) is 56.6 Å². The Morgan fingerprint density at radius 2 is 1.15 bits per heavy atom. The topological polar surface area (TPSA) is 430 Å². The Bertz CT molecular complexity index is 3280. The molecule has 2 heterocycles. The van der Waals surface area contributed by atoms with Crippen molar-refractivity contribution in [1.29, 1.82) is 0 Å². The number of esters is 1. The van der Waals surface area contributed by atoms with Gasteiger partial charge in [0.15, 0.2) is 5.78 Å². The van der Waals surface area contributed by atoms with E-state index in [1.165, 1.54) is 31.7 Å². The van der Waals surface area contributed by atoms with Crippen LogP contribution in [-0.2, 0) is 78.3 Å². The number of likely N-dealkylation sites (tertiary alicyclic amines) is 1. The number of allylic oxidation sites excluding steroid dienone is 1. The van der Waals surface area contributed by atoms with Crippen molar-refractivity contribution in [2.75, 3.05) is 19.3 Å². The largest absolute Gasteiger partial charge is 0.458 e. The van der Waals surface area contributed by atoms with Crippen LogP contribution < -0.4 is 64.2 Å². The van der Waals surface area contributed by atoms with Gasteiger partial charge < -0.3 is 79.0 Å². The number of Topliss-reactive ketones (excluding diaryl/α,β-unsaturated/α-hetero) is 1. The summed E-state index contributed by atoms with van der Waals surface area (Å²) in [4.78, 5) is 203. The summed E-state index contributed by atoms with van der Waals surface area (Å²) in [7, 11) is 0. The number of aliphatic hydroxyl groups is 1. The van der Waals surface area contributed by atoms with Gasteiger partial charge in [0.2, 0.25) is 65.0 Å². The maximum absolute atomic E-state index is 15.1. The second kappa shape index (κ2) is 50.3. The number of benzene rings is 1. The molecule has 1 aromatic rings. The summed E-state index contributed by atoms with van der Waals surface area (Å²) in [5.74, 6) is -15.5. The first kappa shape index (κ1) is 100. The summed E-state index contributed by atoms with van der Waals surface area (Å²) in [6, 6.07) is -6.00. The van der Waals surface area contributed by atoms with E-state index in [1.54, 1.807) is 127 Å². The summed E-state index contributed by atoms with van der Waals surface area (Å²) >= 11 is 1.88. The molecule has 2 aliphatic rings. The van der Waals surface area contributed by atoms with E-state index in [-0.39, 0.29) is 56.7 Å². The molecule has 634 valence electrons. The lowest BCUT2D eigenvalue weighted by Gasteiger charge is -2.33. The van der Waals surface area contributed by atoms with Gasteiger partial charge in [-0.3, -0.25) is 62.3 Å². The van der Waals surface area contributed by atoms with Crippen molar-refractivity contribution < 1.29 is 77.0 Å². The van der Waals surface area contributed by atoms with Crippen LogP contribution in [0.1, 0.15) is 228 Å². The third-order valence-electron chi connectivity index (χ3n) is 20.5. The third-order valence-corrected chi connectivity index (χ3v) is 21.5. The molecular weight excluding hydrogens is 1460 g/mol. The van der Waals surface area contributed by atoms with Crippen LogP contribution in [-0.4, -0.2) is 196 Å². The van der Waals surface area contributed by atoms with E-state index in [0.717, 1.165) is 11.7 Å². The number of ketones is 1. The van der Waals surface area contributed by atoms with Gasteiger partial charge in [-0.2, -0.15) is 11.8 Å². The fourth-order valence-electron chi connectivity index (χ4n) is 12.8. The van der Waals surface area contributed by atoms with Gasteiger partial charge in [0, 0.05) is 31.7 Å². The van der Waals surface area contributed by atoms with Gasteiger partial charge in [-0.1, -0.05) is 193 Å². The van der Waals surface area contributed by atoms with Gasteiger partial charge in [-0.05, 0) is 124 Å². The summed E-state index contributed by atoms with van der Waals surface area (Å²) in [6.07, 6.45) is 4.56. The fourth-order valence-corrected chi connectivity index (χ4v) is 12.8. The zero-order valence-electron chi connectivity index (χ0n) is 70.9. The molecule has 0 spiro atoms. The minimum absolute atomic E-state index is 0.0314. The number of unbranched alkanes of at least 4 members (excludes halogenated alkanes) is 2. The number of carbonyl (C=O) groups excluding carboxylic acids is 14. The van der Waals surface area contributed by atoms with Gasteiger partial charge in [0.25, 0.3) is 5.91 Å². The van der Waals surface area contributed by atoms with E-state index in [9.17, 15) is 57.8 Å². The second-order valence-corrected chi connectivity index (χ2v) is 33.9. The Hall–Kier alpha value is -7.99. The van der Waals surface area contributed by atoms with Crippen molar-refractivity contribution >= 4 is 94.4 Å². The zero-order valence-corrected chi connectivity index (χ0v) is 71.7. The lowest BCUT2D eigenvalue weighted by molar-refractivity contribution is -0.157. The van der Waals surface area contributed by atoms with E-state index in [2.05, 4.69) is 78.6 Å². The van der Waals surface area contributed by atoms with Crippen LogP contribution in [0, 0.1) is 53.3 Å². The molecule has 1 aromatic carbocycles. The average molecular weight is 1600 g/mol. The summed E-state index contributed by atoms with van der Waals surface area (Å²) in [5, 5.41) is 41.5. The maximum atomic E-state index is 15.1. The molecule has 2 aliphatic heterocycles. The first-order valence-corrected chi connectivity index (χ1v) is 41.8. The lowest BCUT2D eigenvalue weighted by atomic mass is 9.90. The smallest absolute Gasteiger partial charge is 0.329 e. The van der Waals surface area contributed by atoms with Crippen molar-refractivity contribution in [3.8, 4) is 0 Å². The Morgan fingerprint density at radius 1 is 0.616 bits per heavy atom. The van der Waals surface area contributed by atoms with E-state index in [4.69, 9.17) is 10.5 Å². The minimum Gasteiger partial charge on any atom is -0.458 e. The Balaban J connectivity index is 0.00000823. The molecule has 0 radical (unpaired) electrons. The maximum Gasteiger partial charge on any atom is 0.329 e. The van der Waals surface area contributed by atoms with E-state index >= 15 is 14.4 Å². The number of cyclic esters (lactones) is 1. The van der Waals surface area contributed by atoms with Crippen LogP contribution in [0.3, 0.4) is 0 Å². The van der Waals surface area contributed by atoms with Gasteiger partial charge >= 0.3 is 5.97 Å². The minimum atomic E-state index is -1.81. The molecule has 0 bridgehead atoms. The third kappa shape index (κ3) is 32.8. The monoisotopic (exact) mass is 1590 g/mol. The van der Waals surface area contributed by atoms with Crippen LogP contribution in [0.25, 0.3) is 0 Å². The molecule has 12 amide bonds. The predicted molar refractivity (Wildman–Crippen MR) is 434 cm³/mol. The molecule has 2 fully saturated rings. The summed E-state index contributed by atoms with van der Waals surface area (Å²) in [5.41, 5.74) is 6.25. The number of hydrogen-bond acceptors (Lipinski definition) is 18. The molecule has 30 heteroatoms. The molecule has 0 saturated carbocycles. The van der Waals surface area contributed by atoms with E-state index in [1.807, 2.05) is 25.6 Å². The lowest BCUT2D eigenvalue weighted by Crippen LogP contribution is -2.63. The molecule has 112 heavy (non-hydrogen) atoms. The highest BCUT2D eigenvalue weighted by molar-refractivity contribution is 7.99. The van der Waals surface area contributed by atoms with E-state index < -0.39 is 203 Å². The first-order valence-electron chi connectivity index (χ1n) is 40.5. The number of nitrogens with two attached hydrogens (primary N) is 1. The quantitative estimate of drug-likeness (QED) is 0.0223. The number of thioether (sulfide) groups is 1. The van der Waals surface area contributed by atoms with Crippen molar-refractivity contribution in [3.05, 3.63) is 47.7 Å². The fraction of sp³-hybridized carbons (Fsp3) is 0.732. The second-order valence-electron chi connectivity index (χ2n) is 32.5. The highest BCUT2D eigenvalue weighted by atomic mass is 32.2. The molecule has 0 aromatic heterocycles. The van der Waals surface area contributed by atoms with Crippen LogP contribution in [0.4, 0.5) is 0 Å². The molecule has 16 atom stereocenters. The molecular formula is C82H139N13O16S. The number of hydrogen-bond donors (Lipinski definition) is 13. The zero-order chi connectivity index (χ0) is 85.1. The molecule has 14 N–H and O–H groups in total. The molecule has 0 aliphatic carbocycles. The highest BCUT2D eigenvalue weighted by Gasteiger charge is 2.45. The summed E-state index contributed by atoms with van der Waals surface area (Å²) in [6.45, 7) is 36.7. The van der Waals surface area contributed by atoms with Crippen LogP contribution in [0.2, 0.25) is 0 Å². The Kier molecular flexibility index (Phi) is 44.9. The Labute approximate surface area is 670 Å². The van der Waals surface area contributed by atoms with Crippen molar-refractivity contribution in [1.82, 2.24) is 63.4 Å². The van der Waals surface area contributed by atoms with Gasteiger partial charge in [-0.15, -0.1) is 0 Å². The average Bonchev–Trinajstić information content (AvgIpc) is 1.65. The number of nitrogens with one attached hydrogen (secondary N) is 11. The van der Waals surface area contributed by atoms with Crippen LogP contribution >= 0.6 is 11.8 Å². The van der Waals surface area contributed by atoms with Crippen molar-refractivity contribution in [3.63, 3.8) is 0 Å². The standard InChI is InChI=1S/C78H129N13O16.C4H10S/c1-20-47(16)63(74(102)90-66-50(19)107-78(106)62(46(14)15)86-68(96)53(22-3)80-69(97)54(39-51-32-25-23-26-33-51)81-70(98)59(43(8)9)83-73(101)64(48(17)21-2)88-76(66)104)87-67(95)52(34-27-24-28-37-79)40-56(93)55-35-30-38-91(55)77(105)61(45(12)13)85-72(100)60(44(10)11)84-75(103)65(49(18)92)89-71(99)58(42(6)7)82-57(94)36-29-31-41(4)5;1-4(2)5-3/h22-23,25-26,32-33,41-50,52,54-55,58-66,92H,20-21,24,27-31,34-40,79H2,1-19H3,(H,80,97)(H,81,98)(H,82,94)(H,83,101)(H,84,103)(H,85,100)(H,86,96)(H,87,95)(H,88,104)(H,89,99)(H,90,102);4H,1-3H3/b53-22-;/t47-,48-,49+,50-,52+,54-,55+,58+,59+,60-,61+,62-,63+,64+,65-,66+;/m0./s1. The van der Waals surface area contributed by atoms with Gasteiger partial charge in [0.05, 0.1) is 12.1 Å². The summed E-state index contributed by atoms with van der Waals surface area (Å²) < 4.78 is 5.99. The number of rotatable bonds is 37. The predicted octanol–water partition coefficient (Wildman–Crippen LogP) is 5.46. The Morgan fingerprint density at radius 3 is 1.67 bits per heavy atom. The first-order chi connectivity index (χ1) is 52.5. The molecule has 29 nitrogen and oxygen atoms in total.